The predicted octanol–water partition coefficient (Wildman–Crippen LogP) is 5.83. The fourth-order valence-electron chi connectivity index (χ4n) is 3.73. The van der Waals surface area contributed by atoms with E-state index in [0.29, 0.717) is 48.2 Å². The second-order valence-electron chi connectivity index (χ2n) is 8.39. The number of methoxy groups -OCH3 is 1. The molecule has 0 fully saturated rings. The second-order valence-corrected chi connectivity index (χ2v) is 8.80. The fraction of sp³-hybridized carbons (Fsp3) is 0.167. The van der Waals surface area contributed by atoms with Crippen LogP contribution in [0.3, 0.4) is 0 Å². The molecule has 1 heterocycles. The standard InChI is InChI=1S/C30H27ClN4O3/c1-37-17-7-16-33-30(36)24(19-32)18-25-20-35(26-9-3-2-4-10-26)34-29(25)22-12-14-27(15-13-22)38-21-23-8-5-6-11-28(23)31/h2-6,8-15,18,20H,7,16-17,21H2,1H3,(H,33,36)/b24-18-. The van der Waals surface area contributed by atoms with Crippen molar-refractivity contribution < 1.29 is 14.3 Å². The van der Waals surface area contributed by atoms with Crippen molar-refractivity contribution in [2.45, 2.75) is 13.0 Å². The molecule has 0 bridgehead atoms. The van der Waals surface area contributed by atoms with Crippen molar-refractivity contribution in [3.63, 3.8) is 0 Å². The molecule has 0 radical (unpaired) electrons. The average Bonchev–Trinajstić information content (AvgIpc) is 3.38. The highest BCUT2D eigenvalue weighted by Crippen LogP contribution is 2.28. The summed E-state index contributed by atoms with van der Waals surface area (Å²) in [5.74, 6) is 0.242. The number of para-hydroxylation sites is 1. The number of nitrogens with one attached hydrogen (secondary N) is 1. The van der Waals surface area contributed by atoms with E-state index < -0.39 is 5.91 Å². The zero-order valence-electron chi connectivity index (χ0n) is 20.9. The Hall–Kier alpha value is -4.38. The maximum Gasteiger partial charge on any atom is 0.261 e. The lowest BCUT2D eigenvalue weighted by atomic mass is 10.1. The third-order valence-electron chi connectivity index (χ3n) is 5.72. The first kappa shape index (κ1) is 26.7. The van der Waals surface area contributed by atoms with E-state index >= 15 is 0 Å². The highest BCUT2D eigenvalue weighted by molar-refractivity contribution is 6.31. The van der Waals surface area contributed by atoms with Gasteiger partial charge in [-0.2, -0.15) is 10.4 Å². The Morgan fingerprint density at radius 1 is 1.08 bits per heavy atom. The van der Waals surface area contributed by atoms with Crippen LogP contribution in [0.5, 0.6) is 5.75 Å². The summed E-state index contributed by atoms with van der Waals surface area (Å²) in [7, 11) is 1.60. The van der Waals surface area contributed by atoms with Crippen molar-refractivity contribution in [1.82, 2.24) is 15.1 Å². The minimum Gasteiger partial charge on any atom is -0.489 e. The number of benzene rings is 3. The van der Waals surface area contributed by atoms with Crippen molar-refractivity contribution in [2.75, 3.05) is 20.3 Å². The summed E-state index contributed by atoms with van der Waals surface area (Å²) in [6.07, 6.45) is 4.03. The third-order valence-corrected chi connectivity index (χ3v) is 6.09. The lowest BCUT2D eigenvalue weighted by molar-refractivity contribution is -0.117. The minimum atomic E-state index is -0.440. The van der Waals surface area contributed by atoms with Crippen LogP contribution in [0.4, 0.5) is 0 Å². The van der Waals surface area contributed by atoms with Crippen LogP contribution in [0.15, 0.2) is 90.6 Å². The van der Waals surface area contributed by atoms with Gasteiger partial charge in [0.2, 0.25) is 0 Å². The van der Waals surface area contributed by atoms with E-state index in [-0.39, 0.29) is 5.57 Å². The van der Waals surface area contributed by atoms with Crippen LogP contribution in [0.2, 0.25) is 5.02 Å². The summed E-state index contributed by atoms with van der Waals surface area (Å²) in [6.45, 7) is 1.29. The molecule has 0 saturated carbocycles. The molecule has 7 nitrogen and oxygen atoms in total. The topological polar surface area (TPSA) is 89.2 Å². The molecule has 1 N–H and O–H groups in total. The average molecular weight is 527 g/mol. The number of nitriles is 1. The molecule has 192 valence electrons. The Bertz CT molecular complexity index is 1440. The Kier molecular flexibility index (Phi) is 9.30. The first-order valence-corrected chi connectivity index (χ1v) is 12.5. The number of rotatable bonds is 11. The molecule has 0 atom stereocenters. The summed E-state index contributed by atoms with van der Waals surface area (Å²) in [5.41, 5.74) is 3.84. The van der Waals surface area contributed by atoms with Crippen molar-refractivity contribution in [2.24, 2.45) is 0 Å². The first-order chi connectivity index (χ1) is 18.6. The van der Waals surface area contributed by atoms with E-state index in [1.165, 1.54) is 0 Å². The minimum absolute atomic E-state index is 0.00373. The molecule has 8 heteroatoms. The number of nitrogens with zero attached hydrogens (tertiary/aromatic N) is 3. The molecule has 1 amide bonds. The van der Waals surface area contributed by atoms with Crippen molar-refractivity contribution in [3.05, 3.63) is 107 Å². The highest BCUT2D eigenvalue weighted by atomic mass is 35.5. The molecule has 0 aliphatic carbocycles. The quantitative estimate of drug-likeness (QED) is 0.151. The summed E-state index contributed by atoms with van der Waals surface area (Å²) in [4.78, 5) is 12.6. The van der Waals surface area contributed by atoms with Crippen LogP contribution in [0, 0.1) is 11.3 Å². The fourth-order valence-corrected chi connectivity index (χ4v) is 3.92. The predicted molar refractivity (Wildman–Crippen MR) is 148 cm³/mol. The van der Waals surface area contributed by atoms with Gasteiger partial charge in [-0.15, -0.1) is 0 Å². The second kappa shape index (κ2) is 13.2. The van der Waals surface area contributed by atoms with Crippen molar-refractivity contribution in [1.29, 1.82) is 5.26 Å². The number of carbonyl (C=O) groups excluding carboxylic acids is 1. The Morgan fingerprint density at radius 3 is 2.53 bits per heavy atom. The number of amides is 1. The summed E-state index contributed by atoms with van der Waals surface area (Å²) in [5, 5.41) is 17.9. The third kappa shape index (κ3) is 6.88. The SMILES string of the molecule is COCCCNC(=O)/C(C#N)=C\c1cn(-c2ccccc2)nc1-c1ccc(OCc2ccccc2Cl)cc1. The van der Waals surface area contributed by atoms with Gasteiger partial charge in [-0.1, -0.05) is 48.0 Å². The van der Waals surface area contributed by atoms with Crippen molar-refractivity contribution >= 4 is 23.6 Å². The van der Waals surface area contributed by atoms with Crippen LogP contribution in [-0.4, -0.2) is 35.9 Å². The zero-order chi connectivity index (χ0) is 26.7. The lowest BCUT2D eigenvalue weighted by Crippen LogP contribution is -2.26. The Labute approximate surface area is 226 Å². The molecule has 0 aliphatic rings. The zero-order valence-corrected chi connectivity index (χ0v) is 21.7. The molecular formula is C30H27ClN4O3. The lowest BCUT2D eigenvalue weighted by Gasteiger charge is -2.08. The van der Waals surface area contributed by atoms with Crippen LogP contribution < -0.4 is 10.1 Å². The van der Waals surface area contributed by atoms with Gasteiger partial charge in [-0.25, -0.2) is 4.68 Å². The largest absolute Gasteiger partial charge is 0.489 e. The maximum atomic E-state index is 12.6. The van der Waals surface area contributed by atoms with Gasteiger partial charge in [-0.3, -0.25) is 4.79 Å². The molecular weight excluding hydrogens is 500 g/mol. The van der Waals surface area contributed by atoms with E-state index in [4.69, 9.17) is 26.2 Å². The summed E-state index contributed by atoms with van der Waals surface area (Å²) in [6, 6.07) is 26.7. The molecule has 0 saturated heterocycles. The van der Waals surface area contributed by atoms with Gasteiger partial charge in [0.15, 0.2) is 0 Å². The maximum absolute atomic E-state index is 12.6. The summed E-state index contributed by atoms with van der Waals surface area (Å²) >= 11 is 6.23. The van der Waals surface area contributed by atoms with Crippen LogP contribution in [-0.2, 0) is 16.1 Å². The number of carbonyl (C=O) groups is 1. The Morgan fingerprint density at radius 2 is 1.82 bits per heavy atom. The highest BCUT2D eigenvalue weighted by Gasteiger charge is 2.15. The summed E-state index contributed by atoms with van der Waals surface area (Å²) < 4.78 is 12.7. The molecule has 1 aromatic heterocycles. The molecule has 0 unspecified atom stereocenters. The van der Waals surface area contributed by atoms with Crippen molar-refractivity contribution in [3.8, 4) is 28.8 Å². The van der Waals surface area contributed by atoms with Crippen LogP contribution in [0.25, 0.3) is 23.0 Å². The first-order valence-electron chi connectivity index (χ1n) is 12.1. The van der Waals surface area contributed by atoms with Gasteiger partial charge < -0.3 is 14.8 Å². The van der Waals surface area contributed by atoms with Crippen LogP contribution in [0.1, 0.15) is 17.5 Å². The van der Waals surface area contributed by atoms with E-state index in [1.54, 1.807) is 17.9 Å². The van der Waals surface area contributed by atoms with Gasteiger partial charge in [-0.05, 0) is 55.0 Å². The Balaban J connectivity index is 1.60. The number of ether oxygens (including phenoxy) is 2. The van der Waals surface area contributed by atoms with Crippen LogP contribution >= 0.6 is 11.6 Å². The number of aromatic nitrogens is 2. The molecule has 0 spiro atoms. The van der Waals surface area contributed by atoms with Gasteiger partial charge in [0.25, 0.3) is 5.91 Å². The van der Waals surface area contributed by atoms with E-state index in [1.807, 2.05) is 91.1 Å². The smallest absolute Gasteiger partial charge is 0.261 e. The van der Waals surface area contributed by atoms with Gasteiger partial charge in [0, 0.05) is 48.2 Å². The number of hydrogen-bond donors (Lipinski definition) is 1. The molecule has 0 aliphatic heterocycles. The molecule has 3 aromatic carbocycles. The molecule has 4 aromatic rings. The molecule has 4 rings (SSSR count). The molecule has 38 heavy (non-hydrogen) atoms. The van der Waals surface area contributed by atoms with E-state index in [9.17, 15) is 10.1 Å². The number of halogens is 1. The van der Waals surface area contributed by atoms with E-state index in [2.05, 4.69) is 5.32 Å². The van der Waals surface area contributed by atoms with Gasteiger partial charge in [0.05, 0.1) is 11.4 Å². The van der Waals surface area contributed by atoms with E-state index in [0.717, 1.165) is 16.8 Å². The van der Waals surface area contributed by atoms with Gasteiger partial charge in [0.1, 0.15) is 24.0 Å². The normalized spacial score (nSPS) is 11.1. The van der Waals surface area contributed by atoms with Gasteiger partial charge >= 0.3 is 0 Å². The number of hydrogen-bond acceptors (Lipinski definition) is 5. The monoisotopic (exact) mass is 526 g/mol.